The number of rotatable bonds is 8. The number of amides is 1. The molecule has 0 unspecified atom stereocenters. The Hall–Kier alpha value is -4.05. The van der Waals surface area contributed by atoms with Gasteiger partial charge in [0.1, 0.15) is 17.8 Å². The van der Waals surface area contributed by atoms with Gasteiger partial charge in [0.15, 0.2) is 0 Å². The quantitative estimate of drug-likeness (QED) is 0.307. The van der Waals surface area contributed by atoms with Gasteiger partial charge in [-0.3, -0.25) is 9.88 Å². The zero-order valence-electron chi connectivity index (χ0n) is 24.7. The number of pyridine rings is 1. The largest absolute Gasteiger partial charge is 0.477 e. The molecule has 42 heavy (non-hydrogen) atoms. The lowest BCUT2D eigenvalue weighted by Gasteiger charge is -2.35. The Bertz CT molecular complexity index is 1530. The zero-order chi connectivity index (χ0) is 29.1. The van der Waals surface area contributed by atoms with E-state index in [1.54, 1.807) is 11.2 Å². The Morgan fingerprint density at radius 2 is 1.86 bits per heavy atom. The van der Waals surface area contributed by atoms with Gasteiger partial charge in [-0.05, 0) is 69.4 Å². The first kappa shape index (κ1) is 28.1. The zero-order valence-corrected chi connectivity index (χ0v) is 24.7. The standard InChI is InChI=1S/C32H39N7O3/c1-32(2,3)42-31(40)39-13-11-38(12-14-39)19-23-9-10-33-25(15-23)17-29-36-26-8-7-24(16-28(26)37-29)27-18-30(35-21-34-27)41-20-22-5-4-6-22/h7-10,15-16,18,21-22H,4-6,11-14,17,19-20H2,1-3H3,(H,36,37). The number of hydrogen-bond donors (Lipinski definition) is 1. The van der Waals surface area contributed by atoms with Gasteiger partial charge in [0.25, 0.3) is 0 Å². The second-order valence-corrected chi connectivity index (χ2v) is 12.3. The Kier molecular flexibility index (Phi) is 8.06. The fraction of sp³-hybridized carbons (Fsp3) is 0.469. The minimum Gasteiger partial charge on any atom is -0.477 e. The number of aromatic nitrogens is 5. The molecule has 1 saturated carbocycles. The summed E-state index contributed by atoms with van der Waals surface area (Å²) < 4.78 is 11.4. The fourth-order valence-corrected chi connectivity index (χ4v) is 5.31. The van der Waals surface area contributed by atoms with E-state index >= 15 is 0 Å². The number of carbonyl (C=O) groups excluding carboxylic acids is 1. The van der Waals surface area contributed by atoms with Crippen LogP contribution < -0.4 is 4.74 Å². The summed E-state index contributed by atoms with van der Waals surface area (Å²) in [4.78, 5) is 38.2. The molecule has 10 heteroatoms. The number of aromatic amines is 1. The third kappa shape index (κ3) is 7.05. The number of benzene rings is 1. The van der Waals surface area contributed by atoms with E-state index < -0.39 is 5.60 Å². The van der Waals surface area contributed by atoms with E-state index in [2.05, 4.69) is 43.0 Å². The van der Waals surface area contributed by atoms with Crippen molar-refractivity contribution in [2.75, 3.05) is 32.8 Å². The molecule has 1 N–H and O–H groups in total. The highest BCUT2D eigenvalue weighted by atomic mass is 16.6. The maximum atomic E-state index is 12.4. The minimum absolute atomic E-state index is 0.235. The molecule has 0 bridgehead atoms. The van der Waals surface area contributed by atoms with Crippen LogP contribution in [0.5, 0.6) is 5.88 Å². The van der Waals surface area contributed by atoms with Gasteiger partial charge in [-0.25, -0.2) is 19.7 Å². The summed E-state index contributed by atoms with van der Waals surface area (Å²) in [6, 6.07) is 12.2. The first-order valence-electron chi connectivity index (χ1n) is 14.9. The molecule has 2 aliphatic rings. The van der Waals surface area contributed by atoms with Crippen LogP contribution in [0.4, 0.5) is 4.79 Å². The molecule has 1 aliphatic heterocycles. The van der Waals surface area contributed by atoms with Gasteiger partial charge in [0, 0.05) is 62.7 Å². The summed E-state index contributed by atoms with van der Waals surface area (Å²) in [5.41, 5.74) is 5.36. The molecule has 0 spiro atoms. The van der Waals surface area contributed by atoms with Gasteiger partial charge in [0.05, 0.1) is 23.3 Å². The molecule has 4 heterocycles. The molecule has 3 aromatic heterocycles. The Labute approximate surface area is 246 Å². The first-order chi connectivity index (χ1) is 20.3. The summed E-state index contributed by atoms with van der Waals surface area (Å²) in [5, 5.41) is 0. The molecule has 1 amide bonds. The first-order valence-corrected chi connectivity index (χ1v) is 14.9. The number of fused-ring (bicyclic) bond motifs is 1. The summed E-state index contributed by atoms with van der Waals surface area (Å²) in [5.74, 6) is 2.14. The molecule has 220 valence electrons. The van der Waals surface area contributed by atoms with Crippen molar-refractivity contribution in [3.63, 3.8) is 0 Å². The van der Waals surface area contributed by atoms with Gasteiger partial charge < -0.3 is 19.4 Å². The molecular weight excluding hydrogens is 530 g/mol. The van der Waals surface area contributed by atoms with Gasteiger partial charge in [-0.2, -0.15) is 0 Å². The van der Waals surface area contributed by atoms with E-state index in [-0.39, 0.29) is 6.09 Å². The summed E-state index contributed by atoms with van der Waals surface area (Å²) in [7, 11) is 0. The lowest BCUT2D eigenvalue weighted by molar-refractivity contribution is 0.0139. The van der Waals surface area contributed by atoms with E-state index in [1.165, 1.54) is 24.8 Å². The second kappa shape index (κ2) is 12.1. The van der Waals surface area contributed by atoms with Crippen molar-refractivity contribution in [2.24, 2.45) is 5.92 Å². The highest BCUT2D eigenvalue weighted by Crippen LogP contribution is 2.28. The van der Waals surface area contributed by atoms with Gasteiger partial charge in [-0.1, -0.05) is 12.5 Å². The van der Waals surface area contributed by atoms with Crippen LogP contribution in [-0.4, -0.2) is 79.2 Å². The molecule has 6 rings (SSSR count). The molecule has 10 nitrogen and oxygen atoms in total. The van der Waals surface area contributed by atoms with E-state index in [1.807, 2.05) is 45.2 Å². The number of nitrogens with zero attached hydrogens (tertiary/aromatic N) is 6. The van der Waals surface area contributed by atoms with E-state index in [9.17, 15) is 4.79 Å². The van der Waals surface area contributed by atoms with Gasteiger partial charge >= 0.3 is 6.09 Å². The van der Waals surface area contributed by atoms with Crippen molar-refractivity contribution in [3.8, 4) is 17.1 Å². The average Bonchev–Trinajstić information content (AvgIpc) is 3.33. The van der Waals surface area contributed by atoms with Crippen molar-refractivity contribution in [2.45, 2.75) is 58.6 Å². The van der Waals surface area contributed by atoms with Crippen LogP contribution in [0.1, 0.15) is 57.1 Å². The molecule has 0 radical (unpaired) electrons. The summed E-state index contributed by atoms with van der Waals surface area (Å²) >= 11 is 0. The Balaban J connectivity index is 1.06. The highest BCUT2D eigenvalue weighted by molar-refractivity contribution is 5.81. The summed E-state index contributed by atoms with van der Waals surface area (Å²) in [6.07, 6.45) is 7.58. The maximum Gasteiger partial charge on any atom is 0.410 e. The maximum absolute atomic E-state index is 12.4. The van der Waals surface area contributed by atoms with Crippen LogP contribution in [0.3, 0.4) is 0 Å². The van der Waals surface area contributed by atoms with Crippen molar-refractivity contribution in [1.29, 1.82) is 0 Å². The van der Waals surface area contributed by atoms with Gasteiger partial charge in [-0.15, -0.1) is 0 Å². The summed E-state index contributed by atoms with van der Waals surface area (Å²) in [6.45, 7) is 10.2. The highest BCUT2D eigenvalue weighted by Gasteiger charge is 2.26. The third-order valence-electron chi connectivity index (χ3n) is 7.82. The van der Waals surface area contributed by atoms with Crippen LogP contribution in [-0.2, 0) is 17.7 Å². The van der Waals surface area contributed by atoms with Crippen LogP contribution in [0.15, 0.2) is 48.9 Å². The molecule has 0 atom stereocenters. The van der Waals surface area contributed by atoms with E-state index in [0.29, 0.717) is 31.3 Å². The predicted octanol–water partition coefficient (Wildman–Crippen LogP) is 5.24. The molecule has 2 fully saturated rings. The number of carbonyl (C=O) groups is 1. The van der Waals surface area contributed by atoms with E-state index in [4.69, 9.17) is 14.5 Å². The van der Waals surface area contributed by atoms with Crippen LogP contribution in [0, 0.1) is 5.92 Å². The van der Waals surface area contributed by atoms with Crippen molar-refractivity contribution in [3.05, 3.63) is 66.0 Å². The number of hydrogen-bond acceptors (Lipinski definition) is 8. The number of H-pyrrole nitrogens is 1. The molecule has 1 aromatic carbocycles. The molecular formula is C32H39N7O3. The predicted molar refractivity (Wildman–Crippen MR) is 160 cm³/mol. The normalized spacial score (nSPS) is 16.4. The van der Waals surface area contributed by atoms with Crippen molar-refractivity contribution < 1.29 is 14.3 Å². The van der Waals surface area contributed by atoms with Crippen LogP contribution >= 0.6 is 0 Å². The van der Waals surface area contributed by atoms with Crippen molar-refractivity contribution >= 4 is 17.1 Å². The number of nitrogens with one attached hydrogen (secondary N) is 1. The van der Waals surface area contributed by atoms with Gasteiger partial charge in [0.2, 0.25) is 5.88 Å². The molecule has 1 saturated heterocycles. The van der Waals surface area contributed by atoms with Crippen LogP contribution in [0.25, 0.3) is 22.3 Å². The fourth-order valence-electron chi connectivity index (χ4n) is 5.31. The lowest BCUT2D eigenvalue weighted by Crippen LogP contribution is -2.49. The second-order valence-electron chi connectivity index (χ2n) is 12.3. The Morgan fingerprint density at radius 3 is 2.62 bits per heavy atom. The van der Waals surface area contributed by atoms with Crippen molar-refractivity contribution in [1.82, 2.24) is 34.7 Å². The third-order valence-corrected chi connectivity index (χ3v) is 7.82. The smallest absolute Gasteiger partial charge is 0.410 e. The minimum atomic E-state index is -0.478. The Morgan fingerprint density at radius 1 is 1.02 bits per heavy atom. The van der Waals surface area contributed by atoms with Crippen LogP contribution in [0.2, 0.25) is 0 Å². The number of piperazine rings is 1. The number of imidazole rings is 1. The van der Waals surface area contributed by atoms with E-state index in [0.717, 1.165) is 60.1 Å². The number of ether oxygens (including phenoxy) is 2. The molecule has 4 aromatic rings. The topological polar surface area (TPSA) is 109 Å². The SMILES string of the molecule is CC(C)(C)OC(=O)N1CCN(Cc2ccnc(Cc3nc4ccc(-c5cc(OCC6CCC6)ncn5)cc4[nH]3)c2)CC1. The lowest BCUT2D eigenvalue weighted by atomic mass is 9.86. The average molecular weight is 570 g/mol. The monoisotopic (exact) mass is 569 g/mol. The molecule has 1 aliphatic carbocycles.